The van der Waals surface area contributed by atoms with Gasteiger partial charge in [-0.1, -0.05) is 30.3 Å². The normalized spacial score (nSPS) is 10.4. The summed E-state index contributed by atoms with van der Waals surface area (Å²) in [5.41, 5.74) is 2.49. The summed E-state index contributed by atoms with van der Waals surface area (Å²) in [5.74, 6) is -0.0132. The van der Waals surface area contributed by atoms with Crippen LogP contribution in [0.2, 0.25) is 0 Å². The lowest BCUT2D eigenvalue weighted by atomic mass is 10.1. The molecule has 2 aromatic rings. The molecular formula is C16H17NO2. The van der Waals surface area contributed by atoms with Crippen molar-refractivity contribution in [1.29, 1.82) is 0 Å². The van der Waals surface area contributed by atoms with Gasteiger partial charge < -0.3 is 0 Å². The van der Waals surface area contributed by atoms with Gasteiger partial charge in [0.1, 0.15) is 0 Å². The van der Waals surface area contributed by atoms with Gasteiger partial charge >= 0.3 is 0 Å². The zero-order chi connectivity index (χ0) is 13.8. The molecule has 0 aliphatic rings. The summed E-state index contributed by atoms with van der Waals surface area (Å²) in [4.78, 5) is 24.0. The number of rotatable bonds is 4. The third kappa shape index (κ3) is 2.99. The SMILES string of the molecule is Cc1ccc(C)n1C(=O)CCC(=O)c1ccccc1. The minimum Gasteiger partial charge on any atom is -0.294 e. The minimum atomic E-state index is -0.0238. The highest BCUT2D eigenvalue weighted by molar-refractivity contribution is 5.98. The number of carbonyl (C=O) groups excluding carboxylic acids is 2. The highest BCUT2D eigenvalue weighted by Crippen LogP contribution is 2.11. The Morgan fingerprint density at radius 3 is 2.05 bits per heavy atom. The van der Waals surface area contributed by atoms with Gasteiger partial charge in [0, 0.05) is 29.8 Å². The molecule has 0 spiro atoms. The first-order valence-electron chi connectivity index (χ1n) is 6.36. The van der Waals surface area contributed by atoms with Crippen molar-refractivity contribution in [1.82, 2.24) is 4.57 Å². The van der Waals surface area contributed by atoms with Gasteiger partial charge in [-0.3, -0.25) is 14.2 Å². The van der Waals surface area contributed by atoms with E-state index in [1.807, 2.05) is 44.2 Å². The number of nitrogens with zero attached hydrogens (tertiary/aromatic N) is 1. The molecule has 0 bridgehead atoms. The molecule has 98 valence electrons. The molecule has 3 heteroatoms. The second kappa shape index (κ2) is 5.65. The first kappa shape index (κ1) is 13.3. The second-order valence-electron chi connectivity index (χ2n) is 4.63. The van der Waals surface area contributed by atoms with Crippen molar-refractivity contribution in [3.05, 3.63) is 59.4 Å². The summed E-state index contributed by atoms with van der Waals surface area (Å²) in [6.45, 7) is 3.79. The number of Topliss-reactive ketones (excluding diaryl/α,β-unsaturated/α-hetero) is 1. The van der Waals surface area contributed by atoms with Gasteiger partial charge in [0.15, 0.2) is 5.78 Å². The van der Waals surface area contributed by atoms with Crippen LogP contribution in [0.4, 0.5) is 0 Å². The molecule has 1 heterocycles. The van der Waals surface area contributed by atoms with E-state index in [0.29, 0.717) is 5.56 Å². The molecule has 0 radical (unpaired) electrons. The fourth-order valence-corrected chi connectivity index (χ4v) is 2.16. The van der Waals surface area contributed by atoms with Crippen molar-refractivity contribution in [3.63, 3.8) is 0 Å². The van der Waals surface area contributed by atoms with Crippen LogP contribution < -0.4 is 0 Å². The Balaban J connectivity index is 2.00. The molecule has 0 saturated heterocycles. The quantitative estimate of drug-likeness (QED) is 0.785. The molecule has 1 aromatic carbocycles. The number of carbonyl (C=O) groups is 2. The van der Waals surface area contributed by atoms with E-state index in [-0.39, 0.29) is 24.5 Å². The number of benzene rings is 1. The maximum absolute atomic E-state index is 12.1. The third-order valence-corrected chi connectivity index (χ3v) is 3.18. The van der Waals surface area contributed by atoms with E-state index in [9.17, 15) is 9.59 Å². The van der Waals surface area contributed by atoms with Crippen LogP contribution in [0.3, 0.4) is 0 Å². The van der Waals surface area contributed by atoms with Crippen LogP contribution in [-0.4, -0.2) is 16.3 Å². The number of hydrogen-bond donors (Lipinski definition) is 0. The van der Waals surface area contributed by atoms with Crippen molar-refractivity contribution < 1.29 is 9.59 Å². The highest BCUT2D eigenvalue weighted by atomic mass is 16.2. The fourth-order valence-electron chi connectivity index (χ4n) is 2.16. The summed E-state index contributed by atoms with van der Waals surface area (Å²) >= 11 is 0. The van der Waals surface area contributed by atoms with Gasteiger partial charge in [0.2, 0.25) is 5.91 Å². The standard InChI is InChI=1S/C16H17NO2/c1-12-8-9-13(2)17(12)16(19)11-10-15(18)14-6-4-3-5-7-14/h3-9H,10-11H2,1-2H3. The van der Waals surface area contributed by atoms with Gasteiger partial charge in [-0.05, 0) is 26.0 Å². The molecule has 0 N–H and O–H groups in total. The molecule has 0 saturated carbocycles. The molecule has 1 aromatic heterocycles. The molecular weight excluding hydrogens is 238 g/mol. The summed E-state index contributed by atoms with van der Waals surface area (Å²) in [6, 6.07) is 12.9. The highest BCUT2D eigenvalue weighted by Gasteiger charge is 2.13. The van der Waals surface area contributed by atoms with Crippen LogP contribution in [0, 0.1) is 13.8 Å². The topological polar surface area (TPSA) is 39.1 Å². The Labute approximate surface area is 112 Å². The van der Waals surface area contributed by atoms with E-state index in [0.717, 1.165) is 11.4 Å². The summed E-state index contributed by atoms with van der Waals surface area (Å²) in [6.07, 6.45) is 0.490. The van der Waals surface area contributed by atoms with Crippen molar-refractivity contribution in [2.24, 2.45) is 0 Å². The van der Waals surface area contributed by atoms with Crippen LogP contribution >= 0.6 is 0 Å². The van der Waals surface area contributed by atoms with Crippen LogP contribution in [-0.2, 0) is 0 Å². The van der Waals surface area contributed by atoms with Gasteiger partial charge in [0.25, 0.3) is 0 Å². The lowest BCUT2D eigenvalue weighted by Gasteiger charge is -2.07. The third-order valence-electron chi connectivity index (χ3n) is 3.18. The van der Waals surface area contributed by atoms with E-state index in [4.69, 9.17) is 0 Å². The fraction of sp³-hybridized carbons (Fsp3) is 0.250. The number of aryl methyl sites for hydroxylation is 2. The van der Waals surface area contributed by atoms with Crippen molar-refractivity contribution in [3.8, 4) is 0 Å². The molecule has 0 aliphatic carbocycles. The van der Waals surface area contributed by atoms with Crippen molar-refractivity contribution in [2.75, 3.05) is 0 Å². The molecule has 0 atom stereocenters. The minimum absolute atomic E-state index is 0.0106. The smallest absolute Gasteiger partial charge is 0.231 e. The largest absolute Gasteiger partial charge is 0.294 e. The second-order valence-corrected chi connectivity index (χ2v) is 4.63. The number of hydrogen-bond acceptors (Lipinski definition) is 2. The van der Waals surface area contributed by atoms with E-state index in [1.165, 1.54) is 0 Å². The predicted molar refractivity (Wildman–Crippen MR) is 74.5 cm³/mol. The first-order valence-corrected chi connectivity index (χ1v) is 6.36. The average Bonchev–Trinajstić information content (AvgIpc) is 2.76. The predicted octanol–water partition coefficient (Wildman–Crippen LogP) is 3.41. The Kier molecular flexibility index (Phi) is 3.95. The summed E-state index contributed by atoms with van der Waals surface area (Å²) < 4.78 is 1.66. The van der Waals surface area contributed by atoms with Gasteiger partial charge in [-0.25, -0.2) is 0 Å². The monoisotopic (exact) mass is 255 g/mol. The molecule has 19 heavy (non-hydrogen) atoms. The van der Waals surface area contributed by atoms with Gasteiger partial charge in [-0.2, -0.15) is 0 Å². The Morgan fingerprint density at radius 2 is 1.47 bits per heavy atom. The zero-order valence-electron chi connectivity index (χ0n) is 11.2. The Morgan fingerprint density at radius 1 is 0.895 bits per heavy atom. The summed E-state index contributed by atoms with van der Waals surface area (Å²) in [5, 5.41) is 0. The lowest BCUT2D eigenvalue weighted by Crippen LogP contribution is -2.15. The van der Waals surface area contributed by atoms with Gasteiger partial charge in [0.05, 0.1) is 0 Å². The number of aromatic nitrogens is 1. The van der Waals surface area contributed by atoms with Crippen molar-refractivity contribution >= 4 is 11.7 Å². The first-order chi connectivity index (χ1) is 9.09. The molecule has 0 aliphatic heterocycles. The van der Waals surface area contributed by atoms with E-state index in [2.05, 4.69) is 0 Å². The zero-order valence-corrected chi connectivity index (χ0v) is 11.2. The average molecular weight is 255 g/mol. The van der Waals surface area contributed by atoms with Gasteiger partial charge in [-0.15, -0.1) is 0 Å². The van der Waals surface area contributed by atoms with Crippen molar-refractivity contribution in [2.45, 2.75) is 26.7 Å². The maximum atomic E-state index is 12.1. The van der Waals surface area contributed by atoms with E-state index >= 15 is 0 Å². The lowest BCUT2D eigenvalue weighted by molar-refractivity contribution is 0.0861. The van der Waals surface area contributed by atoms with Crippen LogP contribution in [0.25, 0.3) is 0 Å². The van der Waals surface area contributed by atoms with E-state index in [1.54, 1.807) is 16.7 Å². The maximum Gasteiger partial charge on any atom is 0.231 e. The van der Waals surface area contributed by atoms with Crippen LogP contribution in [0.1, 0.15) is 39.4 Å². The Bertz CT molecular complexity index is 577. The molecule has 2 rings (SSSR count). The molecule has 0 amide bonds. The van der Waals surface area contributed by atoms with Crippen LogP contribution in [0.5, 0.6) is 0 Å². The van der Waals surface area contributed by atoms with E-state index < -0.39 is 0 Å². The summed E-state index contributed by atoms with van der Waals surface area (Å²) in [7, 11) is 0. The molecule has 0 unspecified atom stereocenters. The van der Waals surface area contributed by atoms with Crippen LogP contribution in [0.15, 0.2) is 42.5 Å². The number of ketones is 1. The molecule has 0 fully saturated rings. The Hall–Kier alpha value is -2.16. The molecule has 3 nitrogen and oxygen atoms in total.